The molecule has 19 heavy (non-hydrogen) atoms. The molecule has 2 aliphatic heterocycles. The number of hydrogen-bond acceptors (Lipinski definition) is 5. The highest BCUT2D eigenvalue weighted by atomic mass is 32.2. The summed E-state index contributed by atoms with van der Waals surface area (Å²) in [7, 11) is 0. The molecule has 4 rings (SSSR count). The monoisotopic (exact) mass is 274 g/mol. The average Bonchev–Trinajstić information content (AvgIpc) is 3.23. The minimum atomic E-state index is -1.17. The molecule has 0 saturated carbocycles. The fraction of sp³-hybridized carbons (Fsp3) is 0.214. The smallest absolute Gasteiger partial charge is 0.411 e. The normalized spacial score (nSPS) is 22.8. The molecule has 1 fully saturated rings. The highest BCUT2D eigenvalue weighted by molar-refractivity contribution is 8.03. The quantitative estimate of drug-likeness (QED) is 0.447. The first-order valence-electron chi connectivity index (χ1n) is 6.04. The second-order valence-electron chi connectivity index (χ2n) is 4.49. The zero-order chi connectivity index (χ0) is 12.9. The Kier molecular flexibility index (Phi) is 2.35. The van der Waals surface area contributed by atoms with E-state index in [9.17, 15) is 4.79 Å². The van der Waals surface area contributed by atoms with Crippen LogP contribution in [0, 0.1) is 0 Å². The molecule has 5 heteroatoms. The minimum absolute atomic E-state index is 0.569. The van der Waals surface area contributed by atoms with Crippen LogP contribution in [0.15, 0.2) is 51.5 Å². The zero-order valence-corrected chi connectivity index (χ0v) is 10.7. The van der Waals surface area contributed by atoms with Gasteiger partial charge < -0.3 is 4.74 Å². The highest BCUT2D eigenvalue weighted by Crippen LogP contribution is 2.54. The molecule has 0 radical (unpaired) electrons. The lowest BCUT2D eigenvalue weighted by Crippen LogP contribution is -2.15. The first kappa shape index (κ1) is 11.3. The predicted molar refractivity (Wildman–Crippen MR) is 67.6 cm³/mol. The summed E-state index contributed by atoms with van der Waals surface area (Å²) in [6.45, 7) is 0. The second-order valence-corrected chi connectivity index (χ2v) is 5.63. The third-order valence-electron chi connectivity index (χ3n) is 3.30. The lowest BCUT2D eigenvalue weighted by atomic mass is 10.1. The number of aldehydes is 1. The van der Waals surface area contributed by atoms with E-state index in [4.69, 9.17) is 14.5 Å². The molecule has 1 aliphatic carbocycles. The molecule has 1 spiro atoms. The maximum absolute atomic E-state index is 11.2. The van der Waals surface area contributed by atoms with Crippen molar-refractivity contribution in [3.63, 3.8) is 0 Å². The fourth-order valence-electron chi connectivity index (χ4n) is 2.33. The molecular formula is C14H10O4S. The van der Waals surface area contributed by atoms with Crippen LogP contribution < -0.4 is 0 Å². The molecule has 3 aliphatic rings. The lowest BCUT2D eigenvalue weighted by molar-refractivity contribution is -0.105. The van der Waals surface area contributed by atoms with E-state index in [0.717, 1.165) is 34.5 Å². The second kappa shape index (κ2) is 3.96. The van der Waals surface area contributed by atoms with Gasteiger partial charge in [0.05, 0.1) is 11.1 Å². The van der Waals surface area contributed by atoms with E-state index in [2.05, 4.69) is 0 Å². The molecule has 1 aromatic rings. The van der Waals surface area contributed by atoms with Crippen molar-refractivity contribution in [3.05, 3.63) is 52.1 Å². The molecule has 4 nitrogen and oxygen atoms in total. The van der Waals surface area contributed by atoms with Crippen LogP contribution in [0.3, 0.4) is 0 Å². The highest BCUT2D eigenvalue weighted by Gasteiger charge is 2.58. The summed E-state index contributed by atoms with van der Waals surface area (Å²) in [5, 5.41) is 0. The summed E-state index contributed by atoms with van der Waals surface area (Å²) in [5.74, 6) is -0.583. The van der Waals surface area contributed by atoms with Gasteiger partial charge >= 0.3 is 5.97 Å². The van der Waals surface area contributed by atoms with Gasteiger partial charge in [-0.25, -0.2) is 0 Å². The van der Waals surface area contributed by atoms with Crippen LogP contribution >= 0.6 is 11.8 Å². The third-order valence-corrected chi connectivity index (χ3v) is 4.51. The van der Waals surface area contributed by atoms with Crippen molar-refractivity contribution in [1.29, 1.82) is 0 Å². The van der Waals surface area contributed by atoms with Crippen LogP contribution in [-0.4, -0.2) is 6.29 Å². The van der Waals surface area contributed by atoms with Gasteiger partial charge in [0.2, 0.25) is 0 Å². The van der Waals surface area contributed by atoms with Crippen LogP contribution in [0.2, 0.25) is 0 Å². The maximum Gasteiger partial charge on any atom is 0.411 e. The topological polar surface area (TPSA) is 51.4 Å². The number of rotatable bonds is 1. The Morgan fingerprint density at radius 3 is 2.89 bits per heavy atom. The van der Waals surface area contributed by atoms with Crippen molar-refractivity contribution in [2.24, 2.45) is 0 Å². The third kappa shape index (κ3) is 1.66. The average molecular weight is 274 g/mol. The summed E-state index contributed by atoms with van der Waals surface area (Å²) < 4.78 is 5.86. The summed E-state index contributed by atoms with van der Waals surface area (Å²) >= 11 is 1.62. The van der Waals surface area contributed by atoms with E-state index in [-0.39, 0.29) is 0 Å². The standard InChI is InChI=1S/C14H10O4S/c15-8-9-4-3-7-12-13(9)16-14(17-18-14)10-5-1-2-6-11(10)19-12/h1-2,4-6,8H,3,7H2. The Bertz CT molecular complexity index is 628. The van der Waals surface area contributed by atoms with Crippen LogP contribution in [-0.2, 0) is 25.3 Å². The number of thioether (sulfide) groups is 1. The van der Waals surface area contributed by atoms with E-state index in [0.29, 0.717) is 11.3 Å². The van der Waals surface area contributed by atoms with Gasteiger partial charge in [0.15, 0.2) is 6.29 Å². The van der Waals surface area contributed by atoms with Gasteiger partial charge in [-0.15, -0.1) is 9.78 Å². The number of carbonyl (C=O) groups is 1. The molecule has 0 bridgehead atoms. The van der Waals surface area contributed by atoms with E-state index in [1.54, 1.807) is 11.8 Å². The van der Waals surface area contributed by atoms with Crippen molar-refractivity contribution >= 4 is 18.0 Å². The molecule has 0 N–H and O–H groups in total. The number of benzene rings is 1. The number of hydrogen-bond donors (Lipinski definition) is 0. The summed E-state index contributed by atoms with van der Waals surface area (Å²) in [5.41, 5.74) is 1.42. The van der Waals surface area contributed by atoms with Gasteiger partial charge in [-0.3, -0.25) is 4.79 Å². The first-order valence-corrected chi connectivity index (χ1v) is 6.86. The zero-order valence-electron chi connectivity index (χ0n) is 9.92. The Labute approximate surface area is 114 Å². The van der Waals surface area contributed by atoms with Gasteiger partial charge in [-0.2, -0.15) is 0 Å². The fourth-order valence-corrected chi connectivity index (χ4v) is 3.52. The van der Waals surface area contributed by atoms with Crippen molar-refractivity contribution in [1.82, 2.24) is 0 Å². The van der Waals surface area contributed by atoms with Gasteiger partial charge in [-0.05, 0) is 25.0 Å². The van der Waals surface area contributed by atoms with Crippen LogP contribution in [0.25, 0.3) is 0 Å². The van der Waals surface area contributed by atoms with Crippen molar-refractivity contribution in [2.45, 2.75) is 23.7 Å². The van der Waals surface area contributed by atoms with E-state index in [1.165, 1.54) is 0 Å². The molecule has 1 aromatic carbocycles. The largest absolute Gasteiger partial charge is 0.430 e. The van der Waals surface area contributed by atoms with Crippen molar-refractivity contribution in [3.8, 4) is 0 Å². The van der Waals surface area contributed by atoms with Gasteiger partial charge in [0.1, 0.15) is 5.76 Å². The molecule has 0 amide bonds. The van der Waals surface area contributed by atoms with Crippen LogP contribution in [0.5, 0.6) is 0 Å². The summed E-state index contributed by atoms with van der Waals surface area (Å²) in [4.78, 5) is 23.4. The summed E-state index contributed by atoms with van der Waals surface area (Å²) in [6.07, 6.45) is 4.42. The Morgan fingerprint density at radius 2 is 2.11 bits per heavy atom. The minimum Gasteiger partial charge on any atom is -0.430 e. The number of fused-ring (bicyclic) bond motifs is 2. The number of carbonyl (C=O) groups excluding carboxylic acids is 1. The number of ether oxygens (including phenoxy) is 1. The van der Waals surface area contributed by atoms with Crippen molar-refractivity contribution in [2.75, 3.05) is 0 Å². The van der Waals surface area contributed by atoms with Crippen molar-refractivity contribution < 1.29 is 19.3 Å². The van der Waals surface area contributed by atoms with Gasteiger partial charge in [0, 0.05) is 9.80 Å². The van der Waals surface area contributed by atoms with Crippen LogP contribution in [0.4, 0.5) is 0 Å². The van der Waals surface area contributed by atoms with Crippen LogP contribution in [0.1, 0.15) is 18.4 Å². The first-order chi connectivity index (χ1) is 9.32. The maximum atomic E-state index is 11.2. The molecule has 2 heterocycles. The lowest BCUT2D eigenvalue weighted by Gasteiger charge is -2.17. The molecule has 1 saturated heterocycles. The van der Waals surface area contributed by atoms with E-state index >= 15 is 0 Å². The van der Waals surface area contributed by atoms with Gasteiger partial charge in [0.25, 0.3) is 0 Å². The van der Waals surface area contributed by atoms with E-state index < -0.39 is 5.97 Å². The Balaban J connectivity index is 1.87. The Hall–Kier alpha value is -1.56. The van der Waals surface area contributed by atoms with Gasteiger partial charge in [-0.1, -0.05) is 30.0 Å². The molecule has 0 atom stereocenters. The molecule has 0 unspecified atom stereocenters. The Morgan fingerprint density at radius 1 is 1.26 bits per heavy atom. The van der Waals surface area contributed by atoms with E-state index in [1.807, 2.05) is 30.3 Å². The predicted octanol–water partition coefficient (Wildman–Crippen LogP) is 3.01. The molecule has 0 aromatic heterocycles. The molecule has 96 valence electrons. The summed E-state index contributed by atoms with van der Waals surface area (Å²) in [6, 6.07) is 7.80. The number of allylic oxidation sites excluding steroid dienone is 3. The SMILES string of the molecule is O=CC1=CCCC2=C1OC1(OO1)c1ccccc1S2. The molecular weight excluding hydrogens is 264 g/mol.